The van der Waals surface area contributed by atoms with Gasteiger partial charge in [-0.1, -0.05) is 23.9 Å². The highest BCUT2D eigenvalue weighted by Crippen LogP contribution is 2.28. The third-order valence-electron chi connectivity index (χ3n) is 1.61. The van der Waals surface area contributed by atoms with Crippen LogP contribution in [0.3, 0.4) is 0 Å². The van der Waals surface area contributed by atoms with E-state index >= 15 is 0 Å². The minimum Gasteiger partial charge on any atom is -0.369 e. The number of primary amides is 1. The highest BCUT2D eigenvalue weighted by atomic mass is 32.2. The number of rotatable bonds is 3. The highest BCUT2D eigenvalue weighted by Gasteiger charge is 2.04. The number of aromatic nitrogens is 1. The van der Waals surface area contributed by atoms with Crippen molar-refractivity contribution >= 4 is 39.2 Å². The third kappa shape index (κ3) is 2.05. The summed E-state index contributed by atoms with van der Waals surface area (Å²) in [6.45, 7) is 0. The SMILES string of the molecule is NC(=O)CSc1nc2ccccc2s1. The summed E-state index contributed by atoms with van der Waals surface area (Å²) < 4.78 is 2.03. The van der Waals surface area contributed by atoms with Gasteiger partial charge < -0.3 is 5.73 Å². The zero-order valence-corrected chi connectivity index (χ0v) is 8.90. The molecule has 3 nitrogen and oxygen atoms in total. The quantitative estimate of drug-likeness (QED) is 0.810. The van der Waals surface area contributed by atoms with Crippen LogP contribution in [-0.2, 0) is 4.79 Å². The van der Waals surface area contributed by atoms with Crippen molar-refractivity contribution in [3.8, 4) is 0 Å². The van der Waals surface area contributed by atoms with E-state index in [1.807, 2.05) is 24.3 Å². The molecule has 1 aromatic carbocycles. The number of carbonyl (C=O) groups is 1. The molecule has 0 aliphatic carbocycles. The molecule has 0 fully saturated rings. The van der Waals surface area contributed by atoms with E-state index in [4.69, 9.17) is 5.73 Å². The summed E-state index contributed by atoms with van der Waals surface area (Å²) in [6, 6.07) is 7.90. The van der Waals surface area contributed by atoms with Crippen LogP contribution in [0.15, 0.2) is 28.6 Å². The predicted octanol–water partition coefficient (Wildman–Crippen LogP) is 1.87. The average Bonchev–Trinajstić information content (AvgIpc) is 2.57. The van der Waals surface area contributed by atoms with Crippen LogP contribution in [-0.4, -0.2) is 16.6 Å². The van der Waals surface area contributed by atoms with E-state index in [1.54, 1.807) is 11.3 Å². The average molecular weight is 224 g/mol. The lowest BCUT2D eigenvalue weighted by Gasteiger charge is -1.89. The molecule has 5 heteroatoms. The van der Waals surface area contributed by atoms with Gasteiger partial charge in [-0.05, 0) is 12.1 Å². The van der Waals surface area contributed by atoms with Crippen LogP contribution in [0.4, 0.5) is 0 Å². The fourth-order valence-electron chi connectivity index (χ4n) is 1.05. The Balaban J connectivity index is 2.22. The van der Waals surface area contributed by atoms with Gasteiger partial charge >= 0.3 is 0 Å². The largest absolute Gasteiger partial charge is 0.369 e. The van der Waals surface area contributed by atoms with Crippen molar-refractivity contribution in [3.05, 3.63) is 24.3 Å². The number of nitrogens with zero attached hydrogens (tertiary/aromatic N) is 1. The molecule has 0 atom stereocenters. The standard InChI is InChI=1S/C9H8N2OS2/c10-8(12)5-13-9-11-6-3-1-2-4-7(6)14-9/h1-4H,5H2,(H2,10,12). The topological polar surface area (TPSA) is 56.0 Å². The first-order valence-electron chi connectivity index (χ1n) is 4.02. The van der Waals surface area contributed by atoms with Gasteiger partial charge in [-0.2, -0.15) is 0 Å². The molecule has 1 aromatic heterocycles. The van der Waals surface area contributed by atoms with Crippen molar-refractivity contribution in [1.29, 1.82) is 0 Å². The van der Waals surface area contributed by atoms with E-state index in [1.165, 1.54) is 11.8 Å². The summed E-state index contributed by atoms with van der Waals surface area (Å²) >= 11 is 2.97. The fourth-order valence-corrected chi connectivity index (χ4v) is 2.85. The van der Waals surface area contributed by atoms with Crippen LogP contribution >= 0.6 is 23.1 Å². The molecule has 0 bridgehead atoms. The van der Waals surface area contributed by atoms with Gasteiger partial charge in [0.2, 0.25) is 5.91 Å². The van der Waals surface area contributed by atoms with Crippen molar-refractivity contribution < 1.29 is 4.79 Å². The molecule has 0 aliphatic rings. The van der Waals surface area contributed by atoms with Crippen molar-refractivity contribution in [1.82, 2.24) is 4.98 Å². The van der Waals surface area contributed by atoms with Crippen LogP contribution in [0.1, 0.15) is 0 Å². The maximum absolute atomic E-state index is 10.6. The lowest BCUT2D eigenvalue weighted by Crippen LogP contribution is -2.12. The molecule has 2 aromatic rings. The van der Waals surface area contributed by atoms with Gasteiger partial charge in [0.1, 0.15) is 0 Å². The molecule has 0 saturated carbocycles. The van der Waals surface area contributed by atoms with Gasteiger partial charge in [0.15, 0.2) is 4.34 Å². The van der Waals surface area contributed by atoms with E-state index < -0.39 is 0 Å². The van der Waals surface area contributed by atoms with Gasteiger partial charge in [0, 0.05) is 0 Å². The van der Waals surface area contributed by atoms with Crippen LogP contribution < -0.4 is 5.73 Å². The Bertz CT molecular complexity index is 434. The molecule has 2 N–H and O–H groups in total. The van der Waals surface area contributed by atoms with Crippen molar-refractivity contribution in [2.24, 2.45) is 5.73 Å². The van der Waals surface area contributed by atoms with Gasteiger partial charge in [0.25, 0.3) is 0 Å². The zero-order valence-electron chi connectivity index (χ0n) is 7.27. The number of hydrogen-bond acceptors (Lipinski definition) is 4. The molecule has 0 saturated heterocycles. The highest BCUT2D eigenvalue weighted by molar-refractivity contribution is 8.01. The number of carbonyl (C=O) groups excluding carboxylic acids is 1. The Labute approximate surface area is 89.3 Å². The minimum atomic E-state index is -0.311. The number of hydrogen-bond donors (Lipinski definition) is 1. The van der Waals surface area contributed by atoms with Crippen molar-refractivity contribution in [2.45, 2.75) is 4.34 Å². The van der Waals surface area contributed by atoms with Gasteiger partial charge in [0.05, 0.1) is 16.0 Å². The van der Waals surface area contributed by atoms with E-state index in [0.29, 0.717) is 5.75 Å². The normalized spacial score (nSPS) is 10.6. The molecular weight excluding hydrogens is 216 g/mol. The predicted molar refractivity (Wildman–Crippen MR) is 59.5 cm³/mol. The molecular formula is C9H8N2OS2. The second-order valence-electron chi connectivity index (χ2n) is 2.70. The Kier molecular flexibility index (Phi) is 2.69. The minimum absolute atomic E-state index is 0.291. The summed E-state index contributed by atoms with van der Waals surface area (Å²) in [7, 11) is 0. The summed E-state index contributed by atoms with van der Waals surface area (Å²) in [6.07, 6.45) is 0. The number of thioether (sulfide) groups is 1. The van der Waals surface area contributed by atoms with Crippen molar-refractivity contribution in [3.63, 3.8) is 0 Å². The van der Waals surface area contributed by atoms with E-state index in [-0.39, 0.29) is 5.91 Å². The first kappa shape index (κ1) is 9.48. The fraction of sp³-hybridized carbons (Fsp3) is 0.111. The Morgan fingerprint density at radius 3 is 3.00 bits per heavy atom. The molecule has 1 amide bonds. The number of nitrogens with two attached hydrogens (primary N) is 1. The van der Waals surface area contributed by atoms with E-state index in [2.05, 4.69) is 4.98 Å². The maximum Gasteiger partial charge on any atom is 0.227 e. The van der Waals surface area contributed by atoms with Crippen molar-refractivity contribution in [2.75, 3.05) is 5.75 Å². The summed E-state index contributed by atoms with van der Waals surface area (Å²) in [5.41, 5.74) is 6.03. The Morgan fingerprint density at radius 1 is 1.50 bits per heavy atom. The first-order valence-corrected chi connectivity index (χ1v) is 5.82. The number of fused-ring (bicyclic) bond motifs is 1. The lowest BCUT2D eigenvalue weighted by atomic mass is 10.3. The monoisotopic (exact) mass is 224 g/mol. The summed E-state index contributed by atoms with van der Waals surface area (Å²) in [5.74, 6) is -0.0194. The number of para-hydroxylation sites is 1. The Morgan fingerprint density at radius 2 is 2.29 bits per heavy atom. The molecule has 0 aliphatic heterocycles. The third-order valence-corrected chi connectivity index (χ3v) is 3.81. The zero-order chi connectivity index (χ0) is 9.97. The molecule has 0 radical (unpaired) electrons. The second kappa shape index (κ2) is 3.98. The number of amides is 1. The number of thiazole rings is 1. The van der Waals surface area contributed by atoms with Gasteiger partial charge in [-0.25, -0.2) is 4.98 Å². The first-order chi connectivity index (χ1) is 6.75. The summed E-state index contributed by atoms with van der Waals surface area (Å²) in [4.78, 5) is 14.9. The molecule has 1 heterocycles. The smallest absolute Gasteiger partial charge is 0.227 e. The molecule has 0 spiro atoms. The van der Waals surface area contributed by atoms with E-state index in [9.17, 15) is 4.79 Å². The molecule has 72 valence electrons. The van der Waals surface area contributed by atoms with E-state index in [0.717, 1.165) is 14.6 Å². The van der Waals surface area contributed by atoms with Crippen LogP contribution in [0.5, 0.6) is 0 Å². The van der Waals surface area contributed by atoms with Crippen LogP contribution in [0, 0.1) is 0 Å². The molecule has 0 unspecified atom stereocenters. The number of benzene rings is 1. The summed E-state index contributed by atoms with van der Waals surface area (Å²) in [5, 5.41) is 0. The van der Waals surface area contributed by atoms with Gasteiger partial charge in [-0.15, -0.1) is 11.3 Å². The second-order valence-corrected chi connectivity index (χ2v) is 4.96. The van der Waals surface area contributed by atoms with Crippen LogP contribution in [0.25, 0.3) is 10.2 Å². The lowest BCUT2D eigenvalue weighted by molar-refractivity contribution is -0.115. The maximum atomic E-state index is 10.6. The van der Waals surface area contributed by atoms with Gasteiger partial charge in [-0.3, -0.25) is 4.79 Å². The Hall–Kier alpha value is -1.07. The molecule has 14 heavy (non-hydrogen) atoms. The van der Waals surface area contributed by atoms with Crippen LogP contribution in [0.2, 0.25) is 0 Å². The molecule has 2 rings (SSSR count).